The average molecular weight is 228 g/mol. The Bertz CT molecular complexity index is 488. The molecule has 0 aliphatic heterocycles. The molecule has 1 aromatic carbocycles. The van der Waals surface area contributed by atoms with Gasteiger partial charge in [0.05, 0.1) is 5.69 Å². The van der Waals surface area contributed by atoms with E-state index in [-0.39, 0.29) is 6.04 Å². The van der Waals surface area contributed by atoms with Gasteiger partial charge in [0.25, 0.3) is 0 Å². The molecule has 2 rings (SSSR count). The molecule has 0 aliphatic rings. The standard InChI is InChI=1S/C15H20N2/c1-3-11(2)10-14(16)15-13-7-5-4-6-12(13)8-9-17-15/h4-9,11,14H,3,10,16H2,1-2H3. The summed E-state index contributed by atoms with van der Waals surface area (Å²) in [6.07, 6.45) is 4.02. The molecule has 0 spiro atoms. The Balaban J connectivity index is 2.34. The average Bonchev–Trinajstić information content (AvgIpc) is 2.37. The van der Waals surface area contributed by atoms with Crippen LogP contribution in [0, 0.1) is 5.92 Å². The van der Waals surface area contributed by atoms with Crippen molar-refractivity contribution in [2.45, 2.75) is 32.7 Å². The number of hydrogen-bond donors (Lipinski definition) is 1. The zero-order valence-corrected chi connectivity index (χ0v) is 10.6. The Morgan fingerprint density at radius 3 is 2.76 bits per heavy atom. The second kappa shape index (κ2) is 5.28. The van der Waals surface area contributed by atoms with Crippen LogP contribution in [0.2, 0.25) is 0 Å². The van der Waals surface area contributed by atoms with Crippen LogP contribution in [0.4, 0.5) is 0 Å². The van der Waals surface area contributed by atoms with Gasteiger partial charge in [0, 0.05) is 17.6 Å². The van der Waals surface area contributed by atoms with Crippen LogP contribution < -0.4 is 5.73 Å². The van der Waals surface area contributed by atoms with Crippen LogP contribution in [0.25, 0.3) is 10.8 Å². The van der Waals surface area contributed by atoms with E-state index < -0.39 is 0 Å². The van der Waals surface area contributed by atoms with Crippen molar-refractivity contribution in [3.8, 4) is 0 Å². The second-order valence-electron chi connectivity index (χ2n) is 4.77. The van der Waals surface area contributed by atoms with E-state index in [0.29, 0.717) is 5.92 Å². The number of pyridine rings is 1. The molecule has 1 heterocycles. The summed E-state index contributed by atoms with van der Waals surface area (Å²) in [4.78, 5) is 4.47. The lowest BCUT2D eigenvalue weighted by Crippen LogP contribution is -2.15. The van der Waals surface area contributed by atoms with Gasteiger partial charge in [-0.05, 0) is 23.8 Å². The van der Waals surface area contributed by atoms with Gasteiger partial charge in [-0.25, -0.2) is 0 Å². The van der Waals surface area contributed by atoms with Gasteiger partial charge < -0.3 is 5.73 Å². The van der Waals surface area contributed by atoms with Crippen molar-refractivity contribution in [2.24, 2.45) is 11.7 Å². The maximum Gasteiger partial charge on any atom is 0.0649 e. The summed E-state index contributed by atoms with van der Waals surface area (Å²) in [6, 6.07) is 10.4. The van der Waals surface area contributed by atoms with Crippen LogP contribution >= 0.6 is 0 Å². The van der Waals surface area contributed by atoms with Gasteiger partial charge in [0.1, 0.15) is 0 Å². The van der Waals surface area contributed by atoms with Crippen LogP contribution in [-0.2, 0) is 0 Å². The smallest absolute Gasteiger partial charge is 0.0649 e. The summed E-state index contributed by atoms with van der Waals surface area (Å²) in [7, 11) is 0. The first-order valence-electron chi connectivity index (χ1n) is 6.31. The molecule has 2 nitrogen and oxygen atoms in total. The highest BCUT2D eigenvalue weighted by Crippen LogP contribution is 2.25. The molecule has 0 bridgehead atoms. The molecule has 2 heteroatoms. The van der Waals surface area contributed by atoms with E-state index in [1.165, 1.54) is 17.2 Å². The highest BCUT2D eigenvalue weighted by atomic mass is 14.8. The number of hydrogen-bond acceptors (Lipinski definition) is 2. The molecule has 2 unspecified atom stereocenters. The molecular formula is C15H20N2. The van der Waals surface area contributed by atoms with Gasteiger partial charge in [-0.3, -0.25) is 4.98 Å². The van der Waals surface area contributed by atoms with Gasteiger partial charge in [0.15, 0.2) is 0 Å². The van der Waals surface area contributed by atoms with E-state index in [1.54, 1.807) is 0 Å². The Kier molecular flexibility index (Phi) is 3.75. The van der Waals surface area contributed by atoms with Crippen molar-refractivity contribution in [3.63, 3.8) is 0 Å². The van der Waals surface area contributed by atoms with Crippen LogP contribution in [0.15, 0.2) is 36.5 Å². The first-order valence-corrected chi connectivity index (χ1v) is 6.31. The molecule has 0 radical (unpaired) electrons. The van der Waals surface area contributed by atoms with E-state index in [1.807, 2.05) is 24.4 Å². The maximum atomic E-state index is 6.28. The first-order chi connectivity index (χ1) is 8.22. The molecule has 2 aromatic rings. The summed E-state index contributed by atoms with van der Waals surface area (Å²) >= 11 is 0. The summed E-state index contributed by atoms with van der Waals surface area (Å²) in [5, 5.41) is 2.41. The molecule has 0 amide bonds. The quantitative estimate of drug-likeness (QED) is 0.867. The lowest BCUT2D eigenvalue weighted by atomic mass is 9.95. The minimum absolute atomic E-state index is 0.0380. The van der Waals surface area contributed by atoms with Gasteiger partial charge in [-0.15, -0.1) is 0 Å². The molecule has 0 fully saturated rings. The molecule has 0 aliphatic carbocycles. The molecule has 0 saturated heterocycles. The van der Waals surface area contributed by atoms with Gasteiger partial charge in [-0.2, -0.15) is 0 Å². The SMILES string of the molecule is CCC(C)CC(N)c1nccc2ccccc12. The van der Waals surface area contributed by atoms with Crippen molar-refractivity contribution in [1.82, 2.24) is 4.98 Å². The lowest BCUT2D eigenvalue weighted by molar-refractivity contribution is 0.458. The van der Waals surface area contributed by atoms with E-state index in [4.69, 9.17) is 5.73 Å². The summed E-state index contributed by atoms with van der Waals surface area (Å²) in [6.45, 7) is 4.44. The number of nitrogens with two attached hydrogens (primary N) is 1. The van der Waals surface area contributed by atoms with Gasteiger partial charge >= 0.3 is 0 Å². The molecule has 17 heavy (non-hydrogen) atoms. The van der Waals surface area contributed by atoms with Crippen molar-refractivity contribution in [1.29, 1.82) is 0 Å². The molecule has 2 atom stereocenters. The van der Waals surface area contributed by atoms with E-state index in [9.17, 15) is 0 Å². The van der Waals surface area contributed by atoms with Gasteiger partial charge in [0.2, 0.25) is 0 Å². The topological polar surface area (TPSA) is 38.9 Å². The molecule has 90 valence electrons. The minimum Gasteiger partial charge on any atom is -0.323 e. The molecule has 0 saturated carbocycles. The normalized spacial score (nSPS) is 14.8. The van der Waals surface area contributed by atoms with E-state index in [2.05, 4.69) is 31.0 Å². The molecule has 2 N–H and O–H groups in total. The highest BCUT2D eigenvalue weighted by Gasteiger charge is 2.13. The molecular weight excluding hydrogens is 208 g/mol. The third kappa shape index (κ3) is 2.64. The van der Waals surface area contributed by atoms with Crippen LogP contribution in [-0.4, -0.2) is 4.98 Å². The Morgan fingerprint density at radius 2 is 2.00 bits per heavy atom. The summed E-state index contributed by atoms with van der Waals surface area (Å²) in [5.41, 5.74) is 7.31. The number of aromatic nitrogens is 1. The van der Waals surface area contributed by atoms with E-state index in [0.717, 1.165) is 12.1 Å². The van der Waals surface area contributed by atoms with Crippen LogP contribution in [0.3, 0.4) is 0 Å². The predicted octanol–water partition coefficient (Wildman–Crippen LogP) is 3.67. The van der Waals surface area contributed by atoms with Crippen LogP contribution in [0.1, 0.15) is 38.4 Å². The Morgan fingerprint density at radius 1 is 1.24 bits per heavy atom. The Hall–Kier alpha value is -1.41. The number of nitrogens with zero attached hydrogens (tertiary/aromatic N) is 1. The fourth-order valence-electron chi connectivity index (χ4n) is 2.15. The zero-order valence-electron chi connectivity index (χ0n) is 10.6. The summed E-state index contributed by atoms with van der Waals surface area (Å²) < 4.78 is 0. The van der Waals surface area contributed by atoms with Crippen LogP contribution in [0.5, 0.6) is 0 Å². The zero-order chi connectivity index (χ0) is 12.3. The second-order valence-corrected chi connectivity index (χ2v) is 4.77. The third-order valence-corrected chi connectivity index (χ3v) is 3.41. The van der Waals surface area contributed by atoms with Crippen molar-refractivity contribution < 1.29 is 0 Å². The number of fused-ring (bicyclic) bond motifs is 1. The largest absolute Gasteiger partial charge is 0.323 e. The minimum atomic E-state index is 0.0380. The van der Waals surface area contributed by atoms with Crippen molar-refractivity contribution >= 4 is 10.8 Å². The maximum absolute atomic E-state index is 6.28. The van der Waals surface area contributed by atoms with Crippen molar-refractivity contribution in [3.05, 3.63) is 42.2 Å². The van der Waals surface area contributed by atoms with E-state index >= 15 is 0 Å². The third-order valence-electron chi connectivity index (χ3n) is 3.41. The van der Waals surface area contributed by atoms with Crippen molar-refractivity contribution in [2.75, 3.05) is 0 Å². The monoisotopic (exact) mass is 228 g/mol. The fourth-order valence-corrected chi connectivity index (χ4v) is 2.15. The highest BCUT2D eigenvalue weighted by molar-refractivity contribution is 5.84. The lowest BCUT2D eigenvalue weighted by Gasteiger charge is -2.17. The predicted molar refractivity (Wildman–Crippen MR) is 72.7 cm³/mol. The summed E-state index contributed by atoms with van der Waals surface area (Å²) in [5.74, 6) is 0.644. The van der Waals surface area contributed by atoms with Gasteiger partial charge in [-0.1, -0.05) is 44.5 Å². The first kappa shape index (κ1) is 12.1. The fraction of sp³-hybridized carbons (Fsp3) is 0.400. The molecule has 1 aromatic heterocycles. The Labute approximate surface area is 103 Å². The number of benzene rings is 1. The number of rotatable bonds is 4.